The van der Waals surface area contributed by atoms with Crippen LogP contribution in [-0.2, 0) is 21.8 Å². The van der Waals surface area contributed by atoms with Crippen LogP contribution in [0.4, 0.5) is 13.2 Å². The largest absolute Gasteiger partial charge is 0.493 e. The van der Waals surface area contributed by atoms with Gasteiger partial charge in [-0.25, -0.2) is 13.1 Å². The molecule has 0 amide bonds. The number of hydrogen-bond acceptors (Lipinski definition) is 4. The number of halogens is 3. The van der Waals surface area contributed by atoms with Crippen molar-refractivity contribution >= 4 is 10.0 Å². The summed E-state index contributed by atoms with van der Waals surface area (Å²) in [5, 5.41) is 10.8. The van der Waals surface area contributed by atoms with Crippen molar-refractivity contribution in [3.05, 3.63) is 59.7 Å². The first kappa shape index (κ1) is 18.7. The molecule has 3 rings (SSSR count). The van der Waals surface area contributed by atoms with Crippen molar-refractivity contribution in [1.29, 1.82) is 0 Å². The van der Waals surface area contributed by atoms with Crippen molar-refractivity contribution in [3.63, 3.8) is 0 Å². The van der Waals surface area contributed by atoms with Crippen molar-refractivity contribution in [3.8, 4) is 5.75 Å². The van der Waals surface area contributed by atoms with E-state index in [1.54, 1.807) is 24.3 Å². The molecule has 0 aromatic heterocycles. The molecule has 0 saturated carbocycles. The topological polar surface area (TPSA) is 75.6 Å². The molecule has 1 aliphatic rings. The van der Waals surface area contributed by atoms with Crippen LogP contribution in [0.2, 0.25) is 0 Å². The van der Waals surface area contributed by atoms with Crippen LogP contribution in [0.15, 0.2) is 53.4 Å². The van der Waals surface area contributed by atoms with Crippen molar-refractivity contribution in [2.75, 3.05) is 13.2 Å². The van der Waals surface area contributed by atoms with Crippen LogP contribution in [0.25, 0.3) is 0 Å². The molecular formula is C17H16F3NO4S. The monoisotopic (exact) mass is 387 g/mol. The van der Waals surface area contributed by atoms with Gasteiger partial charge in [0.25, 0.3) is 0 Å². The maximum Gasteiger partial charge on any atom is 0.416 e. The van der Waals surface area contributed by atoms with Gasteiger partial charge >= 0.3 is 6.18 Å². The number of sulfonamides is 1. The molecule has 1 heterocycles. The number of alkyl halides is 3. The Kier molecular flexibility index (Phi) is 4.72. The van der Waals surface area contributed by atoms with Gasteiger partial charge in [-0.3, -0.25) is 0 Å². The van der Waals surface area contributed by atoms with Crippen LogP contribution in [0.3, 0.4) is 0 Å². The second kappa shape index (κ2) is 6.57. The molecule has 5 nitrogen and oxygen atoms in total. The zero-order valence-electron chi connectivity index (χ0n) is 13.5. The highest BCUT2D eigenvalue weighted by Gasteiger charge is 2.37. The predicted octanol–water partition coefficient (Wildman–Crippen LogP) is 2.65. The van der Waals surface area contributed by atoms with Crippen LogP contribution in [0, 0.1) is 0 Å². The second-order valence-electron chi connectivity index (χ2n) is 5.98. The van der Waals surface area contributed by atoms with E-state index in [9.17, 15) is 26.7 Å². The summed E-state index contributed by atoms with van der Waals surface area (Å²) >= 11 is 0. The maximum absolute atomic E-state index is 12.8. The molecule has 0 unspecified atom stereocenters. The van der Waals surface area contributed by atoms with Gasteiger partial charge in [0.1, 0.15) is 11.4 Å². The van der Waals surface area contributed by atoms with Crippen LogP contribution in [0.5, 0.6) is 5.75 Å². The third kappa shape index (κ3) is 3.69. The Morgan fingerprint density at radius 1 is 1.15 bits per heavy atom. The van der Waals surface area contributed by atoms with Gasteiger partial charge in [-0.2, -0.15) is 13.2 Å². The average molecular weight is 387 g/mol. The molecule has 0 fully saturated rings. The number of ether oxygens (including phenoxy) is 1. The third-order valence-corrected chi connectivity index (χ3v) is 5.59. The standard InChI is InChI=1S/C17H16F3NO4S/c18-17(19,20)12-4-3-5-13(10-12)26(23,24)21-11-16(22)8-9-25-15-7-2-1-6-14(15)16/h1-7,10,21-22H,8-9,11H2/t16-/m1/s1. The number of rotatable bonds is 4. The minimum Gasteiger partial charge on any atom is -0.493 e. The molecule has 26 heavy (non-hydrogen) atoms. The van der Waals surface area contributed by atoms with E-state index < -0.39 is 32.3 Å². The van der Waals surface area contributed by atoms with Crippen molar-refractivity contribution in [1.82, 2.24) is 4.72 Å². The van der Waals surface area contributed by atoms with Crippen molar-refractivity contribution < 1.29 is 31.4 Å². The Labute approximate surface area is 148 Å². The van der Waals surface area contributed by atoms with E-state index in [1.165, 1.54) is 0 Å². The van der Waals surface area contributed by atoms with Crippen LogP contribution >= 0.6 is 0 Å². The lowest BCUT2D eigenvalue weighted by Crippen LogP contribution is -2.43. The number of aliphatic hydroxyl groups is 1. The molecule has 2 aromatic carbocycles. The number of benzene rings is 2. The fraction of sp³-hybridized carbons (Fsp3) is 0.294. The molecule has 0 bridgehead atoms. The lowest BCUT2D eigenvalue weighted by molar-refractivity contribution is -0.137. The summed E-state index contributed by atoms with van der Waals surface area (Å²) in [5.74, 6) is 0.444. The minimum atomic E-state index is -4.65. The lowest BCUT2D eigenvalue weighted by atomic mass is 9.88. The quantitative estimate of drug-likeness (QED) is 0.846. The maximum atomic E-state index is 12.8. The van der Waals surface area contributed by atoms with Gasteiger partial charge in [-0.1, -0.05) is 24.3 Å². The SMILES string of the molecule is O=S(=O)(NC[C@]1(O)CCOc2ccccc21)c1cccc(C(F)(F)F)c1. The first-order chi connectivity index (χ1) is 12.1. The highest BCUT2D eigenvalue weighted by atomic mass is 32.2. The van der Waals surface area contributed by atoms with E-state index in [-0.39, 0.29) is 19.6 Å². The summed E-state index contributed by atoms with van der Waals surface area (Å²) in [6.07, 6.45) is -4.50. The van der Waals surface area contributed by atoms with Gasteiger partial charge in [-0.15, -0.1) is 0 Å². The Bertz CT molecular complexity index is 914. The highest BCUT2D eigenvalue weighted by molar-refractivity contribution is 7.89. The Balaban J connectivity index is 1.84. The summed E-state index contributed by atoms with van der Waals surface area (Å²) < 4.78 is 70.8. The summed E-state index contributed by atoms with van der Waals surface area (Å²) in [4.78, 5) is -0.517. The lowest BCUT2D eigenvalue weighted by Gasteiger charge is -2.34. The van der Waals surface area contributed by atoms with E-state index in [4.69, 9.17) is 4.74 Å². The fourth-order valence-electron chi connectivity index (χ4n) is 2.76. The van der Waals surface area contributed by atoms with E-state index in [0.717, 1.165) is 18.2 Å². The van der Waals surface area contributed by atoms with E-state index in [2.05, 4.69) is 4.72 Å². The van der Waals surface area contributed by atoms with Crippen LogP contribution < -0.4 is 9.46 Å². The molecule has 140 valence electrons. The smallest absolute Gasteiger partial charge is 0.416 e. The number of fused-ring (bicyclic) bond motifs is 1. The summed E-state index contributed by atoms with van der Waals surface area (Å²) in [6, 6.07) is 10.1. The molecule has 1 atom stereocenters. The van der Waals surface area contributed by atoms with Gasteiger partial charge < -0.3 is 9.84 Å². The Morgan fingerprint density at radius 2 is 1.88 bits per heavy atom. The summed E-state index contributed by atoms with van der Waals surface area (Å²) in [5.41, 5.74) is -2.14. The summed E-state index contributed by atoms with van der Waals surface area (Å²) in [6.45, 7) is -0.190. The molecule has 0 radical (unpaired) electrons. The van der Waals surface area contributed by atoms with Crippen molar-refractivity contribution in [2.24, 2.45) is 0 Å². The number of para-hydroxylation sites is 1. The van der Waals surface area contributed by atoms with Gasteiger partial charge in [0.15, 0.2) is 0 Å². The zero-order valence-corrected chi connectivity index (χ0v) is 14.3. The summed E-state index contributed by atoms with van der Waals surface area (Å²) in [7, 11) is -4.23. The van der Waals surface area contributed by atoms with E-state index in [0.29, 0.717) is 17.4 Å². The molecular weight excluding hydrogens is 371 g/mol. The van der Waals surface area contributed by atoms with Gasteiger partial charge in [0.05, 0.1) is 17.1 Å². The molecule has 0 aliphatic carbocycles. The molecule has 2 aromatic rings. The molecule has 9 heteroatoms. The normalized spacial score (nSPS) is 20.3. The van der Waals surface area contributed by atoms with Crippen molar-refractivity contribution in [2.45, 2.75) is 23.1 Å². The number of nitrogens with one attached hydrogen (secondary N) is 1. The average Bonchev–Trinajstić information content (AvgIpc) is 2.60. The fourth-order valence-corrected chi connectivity index (χ4v) is 3.90. The molecule has 1 aliphatic heterocycles. The number of hydrogen-bond donors (Lipinski definition) is 2. The van der Waals surface area contributed by atoms with E-state index >= 15 is 0 Å². The Morgan fingerprint density at radius 3 is 2.62 bits per heavy atom. The molecule has 0 spiro atoms. The van der Waals surface area contributed by atoms with Gasteiger partial charge in [-0.05, 0) is 24.3 Å². The second-order valence-corrected chi connectivity index (χ2v) is 7.74. The third-order valence-electron chi connectivity index (χ3n) is 4.19. The first-order valence-electron chi connectivity index (χ1n) is 7.73. The Hall–Kier alpha value is -2.10. The minimum absolute atomic E-state index is 0.148. The van der Waals surface area contributed by atoms with Crippen LogP contribution in [-0.4, -0.2) is 26.7 Å². The van der Waals surface area contributed by atoms with Gasteiger partial charge in [0.2, 0.25) is 10.0 Å². The predicted molar refractivity (Wildman–Crippen MR) is 87.1 cm³/mol. The van der Waals surface area contributed by atoms with Gasteiger partial charge in [0, 0.05) is 18.5 Å². The van der Waals surface area contributed by atoms with Crippen LogP contribution in [0.1, 0.15) is 17.5 Å². The zero-order chi connectivity index (χ0) is 19.0. The molecule has 0 saturated heterocycles. The first-order valence-corrected chi connectivity index (χ1v) is 9.22. The van der Waals surface area contributed by atoms with E-state index in [1.807, 2.05) is 0 Å². The molecule has 2 N–H and O–H groups in total. The highest BCUT2D eigenvalue weighted by Crippen LogP contribution is 2.36.